The van der Waals surface area contributed by atoms with E-state index in [2.05, 4.69) is 15.5 Å². The van der Waals surface area contributed by atoms with Crippen LogP contribution in [0.5, 0.6) is 5.75 Å². The Morgan fingerprint density at radius 1 is 1.43 bits per heavy atom. The molecule has 2 N–H and O–H groups in total. The van der Waals surface area contributed by atoms with E-state index in [1.807, 2.05) is 13.8 Å². The molecular weight excluding hydrogens is 273 g/mol. The highest BCUT2D eigenvalue weighted by molar-refractivity contribution is 5.91. The number of aromatic amines is 1. The van der Waals surface area contributed by atoms with Gasteiger partial charge in [-0.3, -0.25) is 9.89 Å². The Hall–Kier alpha value is -2.37. The van der Waals surface area contributed by atoms with E-state index >= 15 is 0 Å². The van der Waals surface area contributed by atoms with Crippen molar-refractivity contribution in [1.82, 2.24) is 10.2 Å². The fraction of sp³-hybridized carbons (Fsp3) is 0.333. The standard InChI is InChI=1S/C15H18FN3O2/c1-9(2)12-8-14(19-18-12)17-15(20)7-10-4-5-13(21-3)11(16)6-10/h4-6,8-9H,7H2,1-3H3,(H2,17,18,19,20). The number of rotatable bonds is 5. The van der Waals surface area contributed by atoms with E-state index in [-0.39, 0.29) is 18.1 Å². The van der Waals surface area contributed by atoms with Crippen molar-refractivity contribution in [2.45, 2.75) is 26.2 Å². The van der Waals surface area contributed by atoms with Crippen molar-refractivity contribution in [1.29, 1.82) is 0 Å². The number of anilines is 1. The second kappa shape index (κ2) is 6.39. The van der Waals surface area contributed by atoms with E-state index in [9.17, 15) is 9.18 Å². The summed E-state index contributed by atoms with van der Waals surface area (Å²) in [5.41, 5.74) is 1.52. The number of H-pyrrole nitrogens is 1. The minimum Gasteiger partial charge on any atom is -0.494 e. The van der Waals surface area contributed by atoms with Crippen molar-refractivity contribution >= 4 is 11.7 Å². The molecule has 1 aromatic heterocycles. The van der Waals surface area contributed by atoms with Gasteiger partial charge in [-0.2, -0.15) is 5.10 Å². The molecule has 0 unspecified atom stereocenters. The fourth-order valence-electron chi connectivity index (χ4n) is 1.89. The van der Waals surface area contributed by atoms with E-state index in [4.69, 9.17) is 4.74 Å². The van der Waals surface area contributed by atoms with Crippen LogP contribution >= 0.6 is 0 Å². The third kappa shape index (κ3) is 3.81. The average Bonchev–Trinajstić information content (AvgIpc) is 2.87. The summed E-state index contributed by atoms with van der Waals surface area (Å²) < 4.78 is 18.4. The summed E-state index contributed by atoms with van der Waals surface area (Å²) in [5, 5.41) is 9.55. The van der Waals surface area contributed by atoms with Crippen molar-refractivity contribution in [3.8, 4) is 5.75 Å². The molecule has 0 saturated heterocycles. The highest BCUT2D eigenvalue weighted by Crippen LogP contribution is 2.19. The molecule has 6 heteroatoms. The quantitative estimate of drug-likeness (QED) is 0.890. The Bertz CT molecular complexity index is 638. The molecule has 0 spiro atoms. The largest absolute Gasteiger partial charge is 0.494 e. The molecule has 0 aliphatic carbocycles. The third-order valence-electron chi connectivity index (χ3n) is 3.07. The number of carbonyl (C=O) groups excluding carboxylic acids is 1. The van der Waals surface area contributed by atoms with Gasteiger partial charge in [0.1, 0.15) is 0 Å². The van der Waals surface area contributed by atoms with Crippen LogP contribution in [0.4, 0.5) is 10.2 Å². The summed E-state index contributed by atoms with van der Waals surface area (Å²) in [6, 6.07) is 6.24. The monoisotopic (exact) mass is 291 g/mol. The first kappa shape index (κ1) is 15.0. The van der Waals surface area contributed by atoms with Crippen LogP contribution in [-0.2, 0) is 11.2 Å². The van der Waals surface area contributed by atoms with E-state index in [0.717, 1.165) is 5.69 Å². The lowest BCUT2D eigenvalue weighted by Crippen LogP contribution is -2.14. The van der Waals surface area contributed by atoms with E-state index in [0.29, 0.717) is 17.3 Å². The zero-order valence-corrected chi connectivity index (χ0v) is 12.2. The lowest BCUT2D eigenvalue weighted by atomic mass is 10.1. The number of carbonyl (C=O) groups is 1. The van der Waals surface area contributed by atoms with E-state index in [1.165, 1.54) is 19.2 Å². The normalized spacial score (nSPS) is 10.7. The number of benzene rings is 1. The number of aromatic nitrogens is 2. The average molecular weight is 291 g/mol. The Morgan fingerprint density at radius 3 is 2.76 bits per heavy atom. The summed E-state index contributed by atoms with van der Waals surface area (Å²) in [6.07, 6.45) is 0.0742. The van der Waals surface area contributed by atoms with Crippen molar-refractivity contribution < 1.29 is 13.9 Å². The molecular formula is C15H18FN3O2. The summed E-state index contributed by atoms with van der Waals surface area (Å²) in [4.78, 5) is 11.9. The van der Waals surface area contributed by atoms with Gasteiger partial charge in [0.25, 0.3) is 0 Å². The first-order chi connectivity index (χ1) is 9.99. The van der Waals surface area contributed by atoms with E-state index < -0.39 is 5.82 Å². The van der Waals surface area contributed by atoms with Crippen LogP contribution in [0.25, 0.3) is 0 Å². The molecule has 2 aromatic rings. The molecule has 0 bridgehead atoms. The van der Waals surface area contributed by atoms with Crippen LogP contribution in [0.1, 0.15) is 31.0 Å². The number of methoxy groups -OCH3 is 1. The maximum absolute atomic E-state index is 13.5. The van der Waals surface area contributed by atoms with Gasteiger partial charge < -0.3 is 10.1 Å². The third-order valence-corrected chi connectivity index (χ3v) is 3.07. The Morgan fingerprint density at radius 2 is 2.19 bits per heavy atom. The topological polar surface area (TPSA) is 67.0 Å². The number of halogens is 1. The van der Waals surface area contributed by atoms with Gasteiger partial charge >= 0.3 is 0 Å². The molecule has 0 fully saturated rings. The van der Waals surface area contributed by atoms with E-state index in [1.54, 1.807) is 12.1 Å². The molecule has 0 atom stereocenters. The second-order valence-corrected chi connectivity index (χ2v) is 5.06. The predicted molar refractivity (Wildman–Crippen MR) is 78.0 cm³/mol. The number of amides is 1. The fourth-order valence-corrected chi connectivity index (χ4v) is 1.89. The molecule has 21 heavy (non-hydrogen) atoms. The van der Waals surface area contributed by atoms with Crippen molar-refractivity contribution in [2.75, 3.05) is 12.4 Å². The van der Waals surface area contributed by atoms with Gasteiger partial charge in [0.15, 0.2) is 17.4 Å². The second-order valence-electron chi connectivity index (χ2n) is 5.06. The highest BCUT2D eigenvalue weighted by Gasteiger charge is 2.10. The van der Waals surface area contributed by atoms with Gasteiger partial charge in [-0.05, 0) is 23.6 Å². The molecule has 0 saturated carbocycles. The Labute approximate surface area is 122 Å². The van der Waals surface area contributed by atoms with Crippen LogP contribution in [0.2, 0.25) is 0 Å². The van der Waals surface area contributed by atoms with Crippen LogP contribution in [0, 0.1) is 5.82 Å². The van der Waals surface area contributed by atoms with Gasteiger partial charge in [-0.1, -0.05) is 19.9 Å². The lowest BCUT2D eigenvalue weighted by molar-refractivity contribution is -0.115. The molecule has 0 aliphatic heterocycles. The molecule has 1 aromatic carbocycles. The Balaban J connectivity index is 1.99. The van der Waals surface area contributed by atoms with Crippen LogP contribution in [0.15, 0.2) is 24.3 Å². The van der Waals surface area contributed by atoms with Crippen LogP contribution < -0.4 is 10.1 Å². The van der Waals surface area contributed by atoms with Crippen LogP contribution in [0.3, 0.4) is 0 Å². The van der Waals surface area contributed by atoms with Crippen molar-refractivity contribution in [2.24, 2.45) is 0 Å². The van der Waals surface area contributed by atoms with Crippen molar-refractivity contribution in [3.05, 3.63) is 41.3 Å². The number of nitrogens with zero attached hydrogens (tertiary/aromatic N) is 1. The first-order valence-electron chi connectivity index (χ1n) is 6.67. The number of nitrogens with one attached hydrogen (secondary N) is 2. The highest BCUT2D eigenvalue weighted by atomic mass is 19.1. The Kier molecular flexibility index (Phi) is 4.57. The molecule has 1 heterocycles. The minimum atomic E-state index is -0.482. The summed E-state index contributed by atoms with van der Waals surface area (Å²) in [7, 11) is 1.40. The molecule has 1 amide bonds. The summed E-state index contributed by atoms with van der Waals surface area (Å²) >= 11 is 0. The predicted octanol–water partition coefficient (Wildman–Crippen LogP) is 2.86. The zero-order chi connectivity index (χ0) is 15.4. The molecule has 0 aliphatic rings. The lowest BCUT2D eigenvalue weighted by Gasteiger charge is -2.05. The maximum atomic E-state index is 13.5. The van der Waals surface area contributed by atoms with Gasteiger partial charge in [0, 0.05) is 11.8 Å². The smallest absolute Gasteiger partial charge is 0.229 e. The SMILES string of the molecule is COc1ccc(CC(=O)Nc2cc(C(C)C)[nH]n2)cc1F. The minimum absolute atomic E-state index is 0.0742. The molecule has 2 rings (SSSR count). The van der Waals surface area contributed by atoms with Gasteiger partial charge in [-0.25, -0.2) is 4.39 Å². The number of hydrogen-bond acceptors (Lipinski definition) is 3. The van der Waals surface area contributed by atoms with Crippen LogP contribution in [-0.4, -0.2) is 23.2 Å². The van der Waals surface area contributed by atoms with Gasteiger partial charge in [-0.15, -0.1) is 0 Å². The van der Waals surface area contributed by atoms with Gasteiger partial charge in [0.2, 0.25) is 5.91 Å². The zero-order valence-electron chi connectivity index (χ0n) is 12.2. The molecule has 112 valence electrons. The maximum Gasteiger partial charge on any atom is 0.229 e. The molecule has 0 radical (unpaired) electrons. The summed E-state index contributed by atoms with van der Waals surface area (Å²) in [5.74, 6) is 0.204. The molecule has 5 nitrogen and oxygen atoms in total. The van der Waals surface area contributed by atoms with Crippen molar-refractivity contribution in [3.63, 3.8) is 0 Å². The van der Waals surface area contributed by atoms with Gasteiger partial charge in [0.05, 0.1) is 13.5 Å². The first-order valence-corrected chi connectivity index (χ1v) is 6.67. The number of ether oxygens (including phenoxy) is 1. The number of hydrogen-bond donors (Lipinski definition) is 2. The summed E-state index contributed by atoms with van der Waals surface area (Å²) in [6.45, 7) is 4.05.